The molecule has 1 saturated carbocycles. The van der Waals surface area contributed by atoms with Crippen molar-refractivity contribution in [3.8, 4) is 5.75 Å². The van der Waals surface area contributed by atoms with Crippen molar-refractivity contribution in [2.75, 3.05) is 6.54 Å². The van der Waals surface area contributed by atoms with E-state index in [-0.39, 0.29) is 5.75 Å². The summed E-state index contributed by atoms with van der Waals surface area (Å²) < 4.78 is 0. The van der Waals surface area contributed by atoms with E-state index in [1.165, 1.54) is 6.42 Å². The van der Waals surface area contributed by atoms with Crippen molar-refractivity contribution in [1.82, 2.24) is 5.32 Å². The molecule has 4 heteroatoms. The van der Waals surface area contributed by atoms with Gasteiger partial charge in [0, 0.05) is 18.7 Å². The molecule has 0 radical (unpaired) electrons. The molecule has 0 aromatic heterocycles. The Hall–Kier alpha value is -0.770. The zero-order chi connectivity index (χ0) is 14.6. The van der Waals surface area contributed by atoms with E-state index in [1.807, 2.05) is 12.1 Å². The van der Waals surface area contributed by atoms with E-state index in [9.17, 15) is 10.2 Å². The molecule has 0 saturated heterocycles. The molecule has 0 aliphatic heterocycles. The van der Waals surface area contributed by atoms with Crippen LogP contribution in [0.5, 0.6) is 5.75 Å². The fourth-order valence-electron chi connectivity index (χ4n) is 2.93. The molecule has 112 valence electrons. The first-order valence-corrected chi connectivity index (χ1v) is 7.81. The maximum Gasteiger partial charge on any atom is 0.138 e. The second kappa shape index (κ2) is 6.79. The summed E-state index contributed by atoms with van der Waals surface area (Å²) in [5.74, 6) is 0.899. The second-order valence-corrected chi connectivity index (χ2v) is 6.33. The van der Waals surface area contributed by atoms with Crippen molar-refractivity contribution in [2.45, 2.75) is 51.2 Å². The lowest BCUT2D eigenvalue weighted by molar-refractivity contribution is -0.00884. The molecule has 0 bridgehead atoms. The number of rotatable bonds is 5. The van der Waals surface area contributed by atoms with Gasteiger partial charge < -0.3 is 15.5 Å². The molecule has 0 amide bonds. The first-order chi connectivity index (χ1) is 9.54. The van der Waals surface area contributed by atoms with Crippen LogP contribution in [0.25, 0.3) is 0 Å². The second-order valence-electron chi connectivity index (χ2n) is 5.93. The van der Waals surface area contributed by atoms with Gasteiger partial charge in [-0.2, -0.15) is 0 Å². The van der Waals surface area contributed by atoms with Crippen molar-refractivity contribution in [1.29, 1.82) is 0 Å². The average Bonchev–Trinajstić information content (AvgIpc) is 2.44. The van der Waals surface area contributed by atoms with Crippen LogP contribution in [-0.4, -0.2) is 22.4 Å². The zero-order valence-electron chi connectivity index (χ0n) is 12.0. The molecule has 1 aromatic carbocycles. The van der Waals surface area contributed by atoms with E-state index < -0.39 is 5.60 Å². The number of hydrogen-bond donors (Lipinski definition) is 3. The van der Waals surface area contributed by atoms with Crippen molar-refractivity contribution in [2.24, 2.45) is 5.92 Å². The third kappa shape index (κ3) is 3.87. The molecule has 1 aromatic rings. The average molecular weight is 298 g/mol. The number of aromatic hydroxyl groups is 1. The third-order valence-electron chi connectivity index (χ3n) is 4.45. The van der Waals surface area contributed by atoms with Gasteiger partial charge in [-0.05, 0) is 37.7 Å². The van der Waals surface area contributed by atoms with Gasteiger partial charge in [-0.3, -0.25) is 0 Å². The maximum atomic E-state index is 10.5. The van der Waals surface area contributed by atoms with Crippen LogP contribution in [0.4, 0.5) is 0 Å². The predicted molar refractivity (Wildman–Crippen MR) is 82.0 cm³/mol. The van der Waals surface area contributed by atoms with Gasteiger partial charge in [-0.1, -0.05) is 37.1 Å². The molecule has 3 nitrogen and oxygen atoms in total. The molecule has 0 atom stereocenters. The van der Waals surface area contributed by atoms with Gasteiger partial charge >= 0.3 is 0 Å². The molecule has 1 aliphatic rings. The first kappa shape index (κ1) is 15.6. The zero-order valence-corrected chi connectivity index (χ0v) is 12.8. The van der Waals surface area contributed by atoms with Gasteiger partial charge in [0.15, 0.2) is 0 Å². The Bertz CT molecular complexity index is 442. The quantitative estimate of drug-likeness (QED) is 0.780. The molecule has 3 N–H and O–H groups in total. The third-order valence-corrected chi connectivity index (χ3v) is 4.76. The maximum absolute atomic E-state index is 10.5. The summed E-state index contributed by atoms with van der Waals surface area (Å²) in [6.45, 7) is 3.30. The van der Waals surface area contributed by atoms with Crippen LogP contribution >= 0.6 is 11.6 Å². The Morgan fingerprint density at radius 3 is 2.70 bits per heavy atom. The van der Waals surface area contributed by atoms with Gasteiger partial charge in [0.2, 0.25) is 0 Å². The van der Waals surface area contributed by atoms with Crippen molar-refractivity contribution in [3.05, 3.63) is 28.8 Å². The van der Waals surface area contributed by atoms with Crippen molar-refractivity contribution < 1.29 is 10.2 Å². The van der Waals surface area contributed by atoms with Crippen LogP contribution in [0.3, 0.4) is 0 Å². The molecule has 0 unspecified atom stereocenters. The molecule has 1 fully saturated rings. The van der Waals surface area contributed by atoms with Crippen molar-refractivity contribution in [3.63, 3.8) is 0 Å². The smallest absolute Gasteiger partial charge is 0.138 e. The minimum Gasteiger partial charge on any atom is -0.506 e. The summed E-state index contributed by atoms with van der Waals surface area (Å²) in [4.78, 5) is 0. The molecule has 2 rings (SSSR count). The summed E-state index contributed by atoms with van der Waals surface area (Å²) >= 11 is 5.87. The van der Waals surface area contributed by atoms with E-state index in [0.29, 0.717) is 18.1 Å². The van der Waals surface area contributed by atoms with Crippen LogP contribution in [0.2, 0.25) is 5.02 Å². The summed E-state index contributed by atoms with van der Waals surface area (Å²) in [5.41, 5.74) is 0.170. The van der Waals surface area contributed by atoms with Crippen LogP contribution in [-0.2, 0) is 6.54 Å². The summed E-state index contributed by atoms with van der Waals surface area (Å²) in [6, 6.07) is 5.33. The van der Waals surface area contributed by atoms with Crippen LogP contribution < -0.4 is 5.32 Å². The van der Waals surface area contributed by atoms with Gasteiger partial charge in [0.1, 0.15) is 5.75 Å². The standard InChI is InChI=1S/C16H24ClNO2/c1-2-12-6-8-16(20,9-7-12)11-18-10-13-4-3-5-14(17)15(13)19/h3-5,12,18-20H,2,6-11H2,1H3. The number of hydrogen-bond acceptors (Lipinski definition) is 3. The van der Waals surface area contributed by atoms with Crippen molar-refractivity contribution >= 4 is 11.6 Å². The normalized spacial score (nSPS) is 26.6. The molecule has 20 heavy (non-hydrogen) atoms. The fourth-order valence-corrected chi connectivity index (χ4v) is 3.13. The van der Waals surface area contributed by atoms with Gasteiger partial charge in [0.25, 0.3) is 0 Å². The fraction of sp³-hybridized carbons (Fsp3) is 0.625. The summed E-state index contributed by atoms with van der Waals surface area (Å²) in [5, 5.41) is 24.0. The highest BCUT2D eigenvalue weighted by Gasteiger charge is 2.32. The lowest BCUT2D eigenvalue weighted by Gasteiger charge is -2.36. The number of aliphatic hydroxyl groups is 1. The number of phenolic OH excluding ortho intramolecular Hbond substituents is 1. The van der Waals surface area contributed by atoms with Crippen LogP contribution in [0.15, 0.2) is 18.2 Å². The number of phenols is 1. The number of nitrogens with one attached hydrogen (secondary N) is 1. The Kier molecular flexibility index (Phi) is 5.30. The molecular formula is C16H24ClNO2. The van der Waals surface area contributed by atoms with Gasteiger partial charge in [-0.15, -0.1) is 0 Å². The largest absolute Gasteiger partial charge is 0.506 e. The Labute approximate surface area is 126 Å². The SMILES string of the molecule is CCC1CCC(O)(CNCc2cccc(Cl)c2O)CC1. The Balaban J connectivity index is 1.82. The summed E-state index contributed by atoms with van der Waals surface area (Å²) in [7, 11) is 0. The minimum atomic E-state index is -0.597. The van der Waals surface area contributed by atoms with Gasteiger partial charge in [-0.25, -0.2) is 0 Å². The number of benzene rings is 1. The van der Waals surface area contributed by atoms with Crippen LogP contribution in [0.1, 0.15) is 44.6 Å². The lowest BCUT2D eigenvalue weighted by Crippen LogP contribution is -2.43. The molecule has 0 heterocycles. The lowest BCUT2D eigenvalue weighted by atomic mass is 9.78. The number of para-hydroxylation sites is 1. The molecule has 0 spiro atoms. The Morgan fingerprint density at radius 1 is 1.35 bits per heavy atom. The molecule has 1 aliphatic carbocycles. The monoisotopic (exact) mass is 297 g/mol. The van der Waals surface area contributed by atoms with Crippen LogP contribution in [0, 0.1) is 5.92 Å². The highest BCUT2D eigenvalue weighted by molar-refractivity contribution is 6.32. The van der Waals surface area contributed by atoms with Gasteiger partial charge in [0.05, 0.1) is 10.6 Å². The first-order valence-electron chi connectivity index (χ1n) is 7.43. The van der Waals surface area contributed by atoms with E-state index in [1.54, 1.807) is 6.07 Å². The van der Waals surface area contributed by atoms with E-state index in [2.05, 4.69) is 12.2 Å². The highest BCUT2D eigenvalue weighted by Crippen LogP contribution is 2.33. The number of halogens is 1. The highest BCUT2D eigenvalue weighted by atomic mass is 35.5. The van der Waals surface area contributed by atoms with E-state index in [0.717, 1.165) is 37.2 Å². The minimum absolute atomic E-state index is 0.128. The summed E-state index contributed by atoms with van der Waals surface area (Å²) in [6.07, 6.45) is 5.15. The topological polar surface area (TPSA) is 52.5 Å². The molecular weight excluding hydrogens is 274 g/mol. The predicted octanol–water partition coefficient (Wildman–Crippen LogP) is 3.47. The Morgan fingerprint density at radius 2 is 2.05 bits per heavy atom. The van der Waals surface area contributed by atoms with E-state index in [4.69, 9.17) is 11.6 Å². The van der Waals surface area contributed by atoms with E-state index >= 15 is 0 Å².